The highest BCUT2D eigenvalue weighted by atomic mass is 79.9. The van der Waals surface area contributed by atoms with E-state index in [9.17, 15) is 14.7 Å². The molecule has 162 valence electrons. The smallest absolute Gasteiger partial charge is 0.290 e. The number of carbonyl (C=O) groups excluding carboxylic acids is 1. The topological polar surface area (TPSA) is 98.4 Å². The van der Waals surface area contributed by atoms with Crippen LogP contribution in [0.15, 0.2) is 44.0 Å². The molecule has 2 heterocycles. The molecule has 1 atom stereocenters. The number of aliphatic hydroxyl groups excluding tert-OH is 1. The van der Waals surface area contributed by atoms with Crippen LogP contribution < -0.4 is 19.6 Å². The molecule has 9 heteroatoms. The Morgan fingerprint density at radius 3 is 2.32 bits per heavy atom. The number of benzene rings is 2. The number of amides is 1. The summed E-state index contributed by atoms with van der Waals surface area (Å²) < 4.78 is 22.8. The molecule has 1 aliphatic heterocycles. The molecule has 1 amide bonds. The SMILES string of the molecule is COc1cc(C2c3c(oc4ccc(Br)cc4c3=O)C(=O)N2CCO)cc(OC)c1OC. The zero-order valence-corrected chi connectivity index (χ0v) is 18.7. The van der Waals surface area contributed by atoms with Gasteiger partial charge in [-0.1, -0.05) is 15.9 Å². The molecular weight excluding hydrogens is 470 g/mol. The third-order valence-electron chi connectivity index (χ3n) is 5.27. The van der Waals surface area contributed by atoms with Crippen LogP contribution >= 0.6 is 15.9 Å². The molecule has 1 N–H and O–H groups in total. The van der Waals surface area contributed by atoms with Gasteiger partial charge in [0.15, 0.2) is 16.9 Å². The van der Waals surface area contributed by atoms with Crippen LogP contribution in [0.3, 0.4) is 0 Å². The summed E-state index contributed by atoms with van der Waals surface area (Å²) >= 11 is 3.37. The maximum absolute atomic E-state index is 13.5. The Balaban J connectivity index is 2.02. The van der Waals surface area contributed by atoms with Crippen LogP contribution in [0.1, 0.15) is 27.7 Å². The second kappa shape index (κ2) is 8.24. The molecule has 0 saturated heterocycles. The lowest BCUT2D eigenvalue weighted by atomic mass is 9.97. The van der Waals surface area contributed by atoms with E-state index in [1.165, 1.54) is 26.2 Å². The molecule has 2 aromatic carbocycles. The fourth-order valence-electron chi connectivity index (χ4n) is 3.94. The van der Waals surface area contributed by atoms with Crippen molar-refractivity contribution in [2.75, 3.05) is 34.5 Å². The number of ether oxygens (including phenoxy) is 3. The van der Waals surface area contributed by atoms with Gasteiger partial charge in [0.05, 0.1) is 44.9 Å². The lowest BCUT2D eigenvalue weighted by molar-refractivity contribution is 0.0691. The molecule has 1 aromatic heterocycles. The Labute approximate surface area is 186 Å². The largest absolute Gasteiger partial charge is 0.493 e. The van der Waals surface area contributed by atoms with Crippen molar-refractivity contribution in [3.05, 3.63) is 61.9 Å². The molecule has 0 radical (unpaired) electrons. The quantitative estimate of drug-likeness (QED) is 0.567. The van der Waals surface area contributed by atoms with Crippen LogP contribution in [-0.2, 0) is 0 Å². The normalized spacial score (nSPS) is 15.3. The van der Waals surface area contributed by atoms with E-state index in [2.05, 4.69) is 15.9 Å². The molecule has 8 nitrogen and oxygen atoms in total. The van der Waals surface area contributed by atoms with Crippen molar-refractivity contribution >= 4 is 32.8 Å². The van der Waals surface area contributed by atoms with Crippen LogP contribution in [0.2, 0.25) is 0 Å². The fourth-order valence-corrected chi connectivity index (χ4v) is 4.30. The number of fused-ring (bicyclic) bond motifs is 2. The van der Waals surface area contributed by atoms with E-state index >= 15 is 0 Å². The summed E-state index contributed by atoms with van der Waals surface area (Å²) in [6, 6.07) is 7.61. The Kier molecular flexibility index (Phi) is 5.63. The van der Waals surface area contributed by atoms with E-state index in [0.29, 0.717) is 38.3 Å². The van der Waals surface area contributed by atoms with E-state index in [1.807, 2.05) is 0 Å². The van der Waals surface area contributed by atoms with Gasteiger partial charge < -0.3 is 28.6 Å². The zero-order valence-electron chi connectivity index (χ0n) is 17.1. The summed E-state index contributed by atoms with van der Waals surface area (Å²) in [6.07, 6.45) is 0. The van der Waals surface area contributed by atoms with Crippen molar-refractivity contribution in [3.8, 4) is 17.2 Å². The molecule has 0 saturated carbocycles. The summed E-state index contributed by atoms with van der Waals surface area (Å²) in [6.45, 7) is -0.260. The average Bonchev–Trinajstić information content (AvgIpc) is 3.05. The molecule has 0 spiro atoms. The van der Waals surface area contributed by atoms with Gasteiger partial charge in [-0.2, -0.15) is 0 Å². The van der Waals surface area contributed by atoms with Crippen LogP contribution in [0.5, 0.6) is 17.2 Å². The van der Waals surface area contributed by atoms with E-state index in [-0.39, 0.29) is 29.9 Å². The van der Waals surface area contributed by atoms with Gasteiger partial charge in [0.1, 0.15) is 5.58 Å². The fraction of sp³-hybridized carbons (Fsp3) is 0.273. The number of nitrogens with zero attached hydrogens (tertiary/aromatic N) is 1. The minimum atomic E-state index is -0.789. The molecule has 31 heavy (non-hydrogen) atoms. The van der Waals surface area contributed by atoms with Crippen LogP contribution in [0, 0.1) is 0 Å². The van der Waals surface area contributed by atoms with Crippen LogP contribution in [0.25, 0.3) is 11.0 Å². The number of methoxy groups -OCH3 is 3. The van der Waals surface area contributed by atoms with E-state index < -0.39 is 11.9 Å². The number of hydrogen-bond acceptors (Lipinski definition) is 7. The van der Waals surface area contributed by atoms with Gasteiger partial charge in [-0.25, -0.2) is 0 Å². The molecule has 3 aromatic rings. The summed E-state index contributed by atoms with van der Waals surface area (Å²) in [5, 5.41) is 9.94. The molecule has 1 aliphatic rings. The zero-order chi connectivity index (χ0) is 22.3. The first-order valence-corrected chi connectivity index (χ1v) is 10.2. The van der Waals surface area contributed by atoms with Gasteiger partial charge in [-0.15, -0.1) is 0 Å². The summed E-state index contributed by atoms with van der Waals surface area (Å²) in [7, 11) is 4.46. The average molecular weight is 490 g/mol. The van der Waals surface area contributed by atoms with Crippen molar-refractivity contribution in [2.24, 2.45) is 0 Å². The van der Waals surface area contributed by atoms with Crippen molar-refractivity contribution in [2.45, 2.75) is 6.04 Å². The predicted octanol–water partition coefficient (Wildman–Crippen LogP) is 3.12. The first kappa shape index (κ1) is 21.2. The van der Waals surface area contributed by atoms with Gasteiger partial charge in [-0.05, 0) is 35.9 Å². The van der Waals surface area contributed by atoms with Crippen LogP contribution in [-0.4, -0.2) is 50.4 Å². The Morgan fingerprint density at radius 2 is 1.74 bits per heavy atom. The number of carbonyl (C=O) groups is 1. The number of halogens is 1. The van der Waals surface area contributed by atoms with Crippen LogP contribution in [0.4, 0.5) is 0 Å². The van der Waals surface area contributed by atoms with Gasteiger partial charge in [0.25, 0.3) is 5.91 Å². The predicted molar refractivity (Wildman–Crippen MR) is 116 cm³/mol. The molecule has 0 fully saturated rings. The second-order valence-electron chi connectivity index (χ2n) is 6.90. The summed E-state index contributed by atoms with van der Waals surface area (Å²) in [5.74, 6) is 0.655. The first-order valence-electron chi connectivity index (χ1n) is 9.43. The summed E-state index contributed by atoms with van der Waals surface area (Å²) in [4.78, 5) is 28.0. The monoisotopic (exact) mass is 489 g/mol. The minimum Gasteiger partial charge on any atom is -0.493 e. The maximum atomic E-state index is 13.5. The third kappa shape index (κ3) is 3.34. The van der Waals surface area contributed by atoms with Crippen molar-refractivity contribution in [1.82, 2.24) is 4.90 Å². The minimum absolute atomic E-state index is 0.0177. The Bertz CT molecular complexity index is 1210. The Morgan fingerprint density at radius 1 is 1.06 bits per heavy atom. The van der Waals surface area contributed by atoms with Gasteiger partial charge >= 0.3 is 0 Å². The molecule has 4 rings (SSSR count). The van der Waals surface area contributed by atoms with E-state index in [4.69, 9.17) is 18.6 Å². The lowest BCUT2D eigenvalue weighted by Gasteiger charge is -2.25. The third-order valence-corrected chi connectivity index (χ3v) is 5.76. The van der Waals surface area contributed by atoms with Crippen molar-refractivity contribution < 1.29 is 28.5 Å². The highest BCUT2D eigenvalue weighted by Gasteiger charge is 2.43. The van der Waals surface area contributed by atoms with Crippen molar-refractivity contribution in [1.29, 1.82) is 0 Å². The molecule has 1 unspecified atom stereocenters. The van der Waals surface area contributed by atoms with Crippen molar-refractivity contribution in [3.63, 3.8) is 0 Å². The standard InChI is InChI=1S/C22H20BrNO7/c1-28-15-8-11(9-16(29-2)20(15)30-3)18-17-19(26)13-10-12(23)4-5-14(13)31-21(17)22(27)24(18)6-7-25/h4-5,8-10,18,25H,6-7H2,1-3H3. The van der Waals surface area contributed by atoms with E-state index in [1.54, 1.807) is 30.3 Å². The summed E-state index contributed by atoms with van der Waals surface area (Å²) in [5.41, 5.74) is 0.773. The second-order valence-corrected chi connectivity index (χ2v) is 7.81. The highest BCUT2D eigenvalue weighted by molar-refractivity contribution is 9.10. The van der Waals surface area contributed by atoms with Gasteiger partial charge in [0, 0.05) is 11.0 Å². The maximum Gasteiger partial charge on any atom is 0.290 e. The number of β-amino-alcohol motifs (C(OH)–C–C–N with tert-alkyl or cyclic N) is 1. The molecule has 0 bridgehead atoms. The Hall–Kier alpha value is -3.04. The molecular formula is C22H20BrNO7. The molecule has 0 aliphatic carbocycles. The van der Waals surface area contributed by atoms with Gasteiger partial charge in [-0.3, -0.25) is 9.59 Å². The first-order chi connectivity index (χ1) is 14.9. The number of aliphatic hydroxyl groups is 1. The number of hydrogen-bond donors (Lipinski definition) is 1. The van der Waals surface area contributed by atoms with E-state index in [0.717, 1.165) is 0 Å². The van der Waals surface area contributed by atoms with Gasteiger partial charge in [0.2, 0.25) is 11.5 Å². The lowest BCUT2D eigenvalue weighted by Crippen LogP contribution is -2.32. The number of rotatable bonds is 6. The highest BCUT2D eigenvalue weighted by Crippen LogP contribution is 2.44.